The maximum atomic E-state index is 13.5. The number of carbonyl (C=O) groups excluding carboxylic acids is 1. The summed E-state index contributed by atoms with van der Waals surface area (Å²) in [7, 11) is 0. The third-order valence-corrected chi connectivity index (χ3v) is 2.90. The van der Waals surface area contributed by atoms with Crippen molar-refractivity contribution in [3.63, 3.8) is 0 Å². The molecule has 0 saturated carbocycles. The molecule has 2 heterocycles. The summed E-state index contributed by atoms with van der Waals surface area (Å²) in [6.45, 7) is 0. The van der Waals surface area contributed by atoms with Crippen LogP contribution in [-0.4, -0.2) is 21.1 Å². The average molecular weight is 282 g/mol. The Morgan fingerprint density at radius 3 is 2.81 bits per heavy atom. The first-order valence-corrected chi connectivity index (χ1v) is 6.26. The number of carbonyl (C=O) groups is 1. The third kappa shape index (κ3) is 2.79. The fourth-order valence-corrected chi connectivity index (χ4v) is 1.85. The Kier molecular flexibility index (Phi) is 3.42. The Hall–Kier alpha value is -3.02. The predicted octanol–water partition coefficient (Wildman–Crippen LogP) is 2.86. The molecule has 0 bridgehead atoms. The highest BCUT2D eigenvalue weighted by Crippen LogP contribution is 2.17. The Morgan fingerprint density at radius 2 is 2.05 bits per heavy atom. The molecular weight excluding hydrogens is 271 g/mol. The summed E-state index contributed by atoms with van der Waals surface area (Å²) in [4.78, 5) is 16.0. The molecule has 3 aromatic rings. The number of halogens is 1. The maximum Gasteiger partial charge on any atom is 0.273 e. The lowest BCUT2D eigenvalue weighted by molar-refractivity contribution is 0.102. The lowest BCUT2D eigenvalue weighted by atomic mass is 10.2. The smallest absolute Gasteiger partial charge is 0.273 e. The highest BCUT2D eigenvalue weighted by molar-refractivity contribution is 6.03. The van der Waals surface area contributed by atoms with E-state index in [2.05, 4.69) is 20.5 Å². The number of nitrogens with zero attached hydrogens (tertiary/aromatic N) is 2. The van der Waals surface area contributed by atoms with Gasteiger partial charge in [0.15, 0.2) is 0 Å². The maximum absolute atomic E-state index is 13.5. The SMILES string of the molecule is O=C(Nc1ccccc1F)c1cc(-c2cccnc2)n[nH]1. The van der Waals surface area contributed by atoms with Crippen LogP contribution in [-0.2, 0) is 0 Å². The van der Waals surface area contributed by atoms with Gasteiger partial charge in [0, 0.05) is 18.0 Å². The van der Waals surface area contributed by atoms with Crippen molar-refractivity contribution < 1.29 is 9.18 Å². The molecule has 0 radical (unpaired) electrons. The van der Waals surface area contributed by atoms with Crippen molar-refractivity contribution >= 4 is 11.6 Å². The quantitative estimate of drug-likeness (QED) is 0.776. The van der Waals surface area contributed by atoms with Crippen LogP contribution >= 0.6 is 0 Å². The van der Waals surface area contributed by atoms with Gasteiger partial charge in [-0.1, -0.05) is 12.1 Å². The van der Waals surface area contributed by atoms with Gasteiger partial charge in [0.1, 0.15) is 11.5 Å². The second kappa shape index (κ2) is 5.54. The van der Waals surface area contributed by atoms with Crippen molar-refractivity contribution in [1.82, 2.24) is 15.2 Å². The molecule has 3 rings (SSSR count). The van der Waals surface area contributed by atoms with E-state index >= 15 is 0 Å². The number of rotatable bonds is 3. The lowest BCUT2D eigenvalue weighted by Gasteiger charge is -2.03. The van der Waals surface area contributed by atoms with E-state index in [1.54, 1.807) is 36.7 Å². The fraction of sp³-hybridized carbons (Fsp3) is 0. The molecule has 21 heavy (non-hydrogen) atoms. The predicted molar refractivity (Wildman–Crippen MR) is 76.2 cm³/mol. The zero-order valence-electron chi connectivity index (χ0n) is 10.9. The summed E-state index contributed by atoms with van der Waals surface area (Å²) in [6.07, 6.45) is 3.30. The van der Waals surface area contributed by atoms with Crippen LogP contribution in [0, 0.1) is 5.82 Å². The molecule has 5 nitrogen and oxygen atoms in total. The molecule has 0 atom stereocenters. The molecule has 0 aliphatic rings. The van der Waals surface area contributed by atoms with Crippen LogP contribution in [0.15, 0.2) is 54.9 Å². The number of nitrogens with one attached hydrogen (secondary N) is 2. The van der Waals surface area contributed by atoms with E-state index in [-0.39, 0.29) is 11.4 Å². The second-order valence-electron chi connectivity index (χ2n) is 4.34. The van der Waals surface area contributed by atoms with Gasteiger partial charge >= 0.3 is 0 Å². The summed E-state index contributed by atoms with van der Waals surface area (Å²) < 4.78 is 13.5. The van der Waals surface area contributed by atoms with Crippen molar-refractivity contribution in [2.45, 2.75) is 0 Å². The van der Waals surface area contributed by atoms with E-state index in [0.29, 0.717) is 5.69 Å². The van der Waals surface area contributed by atoms with Crippen molar-refractivity contribution in [3.05, 3.63) is 66.4 Å². The largest absolute Gasteiger partial charge is 0.318 e. The molecule has 1 aromatic carbocycles. The van der Waals surface area contributed by atoms with E-state index in [0.717, 1.165) is 5.56 Å². The topological polar surface area (TPSA) is 70.7 Å². The number of amides is 1. The summed E-state index contributed by atoms with van der Waals surface area (Å²) in [5.74, 6) is -0.944. The third-order valence-electron chi connectivity index (χ3n) is 2.90. The molecule has 0 aliphatic heterocycles. The van der Waals surface area contributed by atoms with Crippen molar-refractivity contribution in [1.29, 1.82) is 0 Å². The van der Waals surface area contributed by atoms with Gasteiger partial charge in [0.25, 0.3) is 5.91 Å². The van der Waals surface area contributed by atoms with E-state index in [1.807, 2.05) is 6.07 Å². The van der Waals surface area contributed by atoms with E-state index in [1.165, 1.54) is 12.1 Å². The minimum absolute atomic E-state index is 0.125. The molecule has 0 aliphatic carbocycles. The molecule has 2 N–H and O–H groups in total. The fourth-order valence-electron chi connectivity index (χ4n) is 1.85. The number of hydrogen-bond donors (Lipinski definition) is 2. The molecule has 104 valence electrons. The minimum atomic E-state index is -0.488. The van der Waals surface area contributed by atoms with Crippen LogP contribution in [0.25, 0.3) is 11.3 Å². The number of anilines is 1. The summed E-state index contributed by atoms with van der Waals surface area (Å²) in [6, 6.07) is 11.2. The highest BCUT2D eigenvalue weighted by atomic mass is 19.1. The Labute approximate surface area is 119 Å². The van der Waals surface area contributed by atoms with Gasteiger partial charge in [-0.15, -0.1) is 0 Å². The van der Waals surface area contributed by atoms with Crippen molar-refractivity contribution in [3.8, 4) is 11.3 Å². The molecule has 6 heteroatoms. The van der Waals surface area contributed by atoms with Crippen molar-refractivity contribution in [2.75, 3.05) is 5.32 Å². The monoisotopic (exact) mass is 282 g/mol. The Morgan fingerprint density at radius 1 is 1.19 bits per heavy atom. The molecule has 0 fully saturated rings. The zero-order valence-corrected chi connectivity index (χ0v) is 10.9. The van der Waals surface area contributed by atoms with E-state index < -0.39 is 11.7 Å². The number of benzene rings is 1. The molecule has 2 aromatic heterocycles. The highest BCUT2D eigenvalue weighted by Gasteiger charge is 2.12. The number of aromatic amines is 1. The average Bonchev–Trinajstić information content (AvgIpc) is 3.00. The van der Waals surface area contributed by atoms with Gasteiger partial charge in [-0.3, -0.25) is 14.9 Å². The van der Waals surface area contributed by atoms with Crippen LogP contribution in [0.1, 0.15) is 10.5 Å². The Bertz CT molecular complexity index is 770. The summed E-state index contributed by atoms with van der Waals surface area (Å²) >= 11 is 0. The molecule has 0 saturated heterocycles. The normalized spacial score (nSPS) is 10.3. The number of para-hydroxylation sites is 1. The number of hydrogen-bond acceptors (Lipinski definition) is 3. The van der Waals surface area contributed by atoms with Crippen LogP contribution in [0.4, 0.5) is 10.1 Å². The van der Waals surface area contributed by atoms with Gasteiger partial charge < -0.3 is 5.32 Å². The van der Waals surface area contributed by atoms with Gasteiger partial charge in [-0.05, 0) is 30.3 Å². The van der Waals surface area contributed by atoms with Gasteiger partial charge in [0.05, 0.1) is 11.4 Å². The summed E-state index contributed by atoms with van der Waals surface area (Å²) in [5, 5.41) is 9.17. The molecular formula is C15H11FN4O. The lowest BCUT2D eigenvalue weighted by Crippen LogP contribution is -2.13. The van der Waals surface area contributed by atoms with Gasteiger partial charge in [-0.25, -0.2) is 4.39 Å². The first kappa shape index (κ1) is 13.0. The number of H-pyrrole nitrogens is 1. The number of aromatic nitrogens is 3. The second-order valence-corrected chi connectivity index (χ2v) is 4.34. The Balaban J connectivity index is 1.80. The van der Waals surface area contributed by atoms with Crippen molar-refractivity contribution in [2.24, 2.45) is 0 Å². The number of pyridine rings is 1. The van der Waals surface area contributed by atoms with Crippen LogP contribution in [0.3, 0.4) is 0 Å². The molecule has 0 spiro atoms. The van der Waals surface area contributed by atoms with E-state index in [9.17, 15) is 9.18 Å². The first-order chi connectivity index (χ1) is 10.2. The zero-order chi connectivity index (χ0) is 14.7. The van der Waals surface area contributed by atoms with Gasteiger partial charge in [0.2, 0.25) is 0 Å². The van der Waals surface area contributed by atoms with E-state index in [4.69, 9.17) is 0 Å². The minimum Gasteiger partial charge on any atom is -0.318 e. The molecule has 0 unspecified atom stereocenters. The van der Waals surface area contributed by atoms with Gasteiger partial charge in [-0.2, -0.15) is 5.10 Å². The standard InChI is InChI=1S/C15H11FN4O/c16-11-5-1-2-6-12(11)18-15(21)14-8-13(19-20-14)10-4-3-7-17-9-10/h1-9H,(H,18,21)(H,19,20). The van der Waals surface area contributed by atoms with Crippen LogP contribution in [0.2, 0.25) is 0 Å². The van der Waals surface area contributed by atoms with Crippen LogP contribution < -0.4 is 5.32 Å². The molecule has 1 amide bonds. The summed E-state index contributed by atoms with van der Waals surface area (Å²) in [5.41, 5.74) is 1.76. The first-order valence-electron chi connectivity index (χ1n) is 6.26. The van der Waals surface area contributed by atoms with Crippen LogP contribution in [0.5, 0.6) is 0 Å².